The lowest BCUT2D eigenvalue weighted by Crippen LogP contribution is -2.37. The van der Waals surface area contributed by atoms with Crippen molar-refractivity contribution in [3.05, 3.63) is 134 Å². The van der Waals surface area contributed by atoms with E-state index in [-0.39, 0.29) is 26.1 Å². The van der Waals surface area contributed by atoms with Gasteiger partial charge in [0, 0.05) is 12.8 Å². The fourth-order valence-electron chi connectivity index (χ4n) is 7.21. The number of phosphoric acid groups is 1. The van der Waals surface area contributed by atoms with Crippen LogP contribution in [0.25, 0.3) is 0 Å². The normalized spacial score (nSPS) is 14.3. The molecular formula is C64H107NO8P+. The molecule has 0 aromatic carbocycles. The molecule has 420 valence electrons. The Bertz CT molecular complexity index is 1710. The van der Waals surface area contributed by atoms with E-state index in [1.807, 2.05) is 21.1 Å². The van der Waals surface area contributed by atoms with Crippen LogP contribution in [-0.2, 0) is 32.7 Å². The summed E-state index contributed by atoms with van der Waals surface area (Å²) in [6, 6.07) is 0. The second kappa shape index (κ2) is 54.0. The minimum Gasteiger partial charge on any atom is -0.462 e. The molecule has 0 rings (SSSR count). The number of hydrogen-bond donors (Lipinski definition) is 1. The third kappa shape index (κ3) is 57.4. The van der Waals surface area contributed by atoms with E-state index in [4.69, 9.17) is 18.5 Å². The SMILES string of the molecule is CC/C=C\C/C=C\C/C=C\C/C=C\C/C=C\C/C=C\C/C=C\C/C=C\CCCCCCC(=O)OC(COC(=O)CCCCCCCC/C=C\C/C=C\C/C=C\CCCCCCC)COP(=O)(O)OCC[N+](C)(C)C. The van der Waals surface area contributed by atoms with E-state index in [1.165, 1.54) is 38.5 Å². The molecule has 0 heterocycles. The summed E-state index contributed by atoms with van der Waals surface area (Å²) < 4.78 is 34.5. The number of unbranched alkanes of at least 4 members (excludes halogenated alkanes) is 15. The Morgan fingerprint density at radius 3 is 1.15 bits per heavy atom. The van der Waals surface area contributed by atoms with Gasteiger partial charge in [-0.15, -0.1) is 0 Å². The maximum atomic E-state index is 12.8. The van der Waals surface area contributed by atoms with Gasteiger partial charge < -0.3 is 18.9 Å². The van der Waals surface area contributed by atoms with Crippen molar-refractivity contribution in [1.82, 2.24) is 0 Å². The number of esters is 2. The van der Waals surface area contributed by atoms with E-state index in [0.717, 1.165) is 128 Å². The lowest BCUT2D eigenvalue weighted by molar-refractivity contribution is -0.870. The highest BCUT2D eigenvalue weighted by Gasteiger charge is 2.27. The Hall–Kier alpha value is -3.85. The fourth-order valence-corrected chi connectivity index (χ4v) is 7.95. The minimum absolute atomic E-state index is 0.0158. The summed E-state index contributed by atoms with van der Waals surface area (Å²) in [7, 11) is 1.43. The van der Waals surface area contributed by atoms with Crippen LogP contribution in [0.2, 0.25) is 0 Å². The van der Waals surface area contributed by atoms with Crippen LogP contribution in [0.5, 0.6) is 0 Å². The molecule has 10 heteroatoms. The van der Waals surface area contributed by atoms with E-state index < -0.39 is 32.5 Å². The molecule has 0 saturated heterocycles. The number of carbonyl (C=O) groups excluding carboxylic acids is 2. The van der Waals surface area contributed by atoms with Crippen LogP contribution in [0.3, 0.4) is 0 Å². The predicted molar refractivity (Wildman–Crippen MR) is 316 cm³/mol. The molecule has 0 saturated carbocycles. The van der Waals surface area contributed by atoms with Crippen LogP contribution in [0.1, 0.15) is 206 Å². The van der Waals surface area contributed by atoms with E-state index >= 15 is 0 Å². The predicted octanol–water partition coefficient (Wildman–Crippen LogP) is 18.1. The van der Waals surface area contributed by atoms with Crippen molar-refractivity contribution >= 4 is 19.8 Å². The zero-order valence-electron chi connectivity index (χ0n) is 47.5. The Morgan fingerprint density at radius 2 is 0.770 bits per heavy atom. The standard InChI is InChI=1S/C64H106NO8P/c1-6-8-10-12-14-16-18-20-22-24-26-28-29-30-31-32-33-34-35-37-39-41-43-45-47-49-51-53-55-57-64(67)73-62(61-72-74(68,69)71-59-58-65(3,4)5)60-70-63(66)56-54-52-50-48-46-44-42-40-38-36-27-25-23-21-19-17-15-13-11-9-7-2/h8,10,14,16,19-22,25-28,30-31,33-34,37-40,43,45,62H,6-7,9,11-13,15,17-18,23-24,29,32,35-36,41-42,44,46-61H2,1-5H3/p+1/b10-8-,16-14-,21-19-,22-20-,27-25-,28-26-,31-30-,34-33-,39-37-,40-38-,45-43-. The zero-order valence-corrected chi connectivity index (χ0v) is 48.4. The van der Waals surface area contributed by atoms with Gasteiger partial charge in [-0.3, -0.25) is 18.6 Å². The van der Waals surface area contributed by atoms with Gasteiger partial charge in [0.1, 0.15) is 19.8 Å². The van der Waals surface area contributed by atoms with Gasteiger partial charge in [0.2, 0.25) is 0 Å². The van der Waals surface area contributed by atoms with Gasteiger partial charge in [0.25, 0.3) is 0 Å². The molecule has 0 aliphatic rings. The largest absolute Gasteiger partial charge is 0.472 e. The second-order valence-electron chi connectivity index (χ2n) is 19.9. The van der Waals surface area contributed by atoms with Crippen molar-refractivity contribution in [3.8, 4) is 0 Å². The highest BCUT2D eigenvalue weighted by Crippen LogP contribution is 2.43. The van der Waals surface area contributed by atoms with Crippen LogP contribution in [-0.4, -0.2) is 74.9 Å². The number of phosphoric ester groups is 1. The molecule has 0 radical (unpaired) electrons. The van der Waals surface area contributed by atoms with Crippen LogP contribution in [0.4, 0.5) is 0 Å². The summed E-state index contributed by atoms with van der Waals surface area (Å²) in [5, 5.41) is 0. The summed E-state index contributed by atoms with van der Waals surface area (Å²) in [5.74, 6) is -0.852. The number of allylic oxidation sites excluding steroid dienone is 22. The summed E-state index contributed by atoms with van der Waals surface area (Å²) in [6.45, 7) is 4.24. The molecular weight excluding hydrogens is 942 g/mol. The highest BCUT2D eigenvalue weighted by atomic mass is 31.2. The number of likely N-dealkylation sites (N-methyl/N-ethyl adjacent to an activating group) is 1. The van der Waals surface area contributed by atoms with E-state index in [0.29, 0.717) is 23.9 Å². The number of carbonyl (C=O) groups is 2. The van der Waals surface area contributed by atoms with Gasteiger partial charge in [0.15, 0.2) is 6.10 Å². The molecule has 0 aliphatic carbocycles. The summed E-state index contributed by atoms with van der Waals surface area (Å²) in [4.78, 5) is 35.7. The smallest absolute Gasteiger partial charge is 0.462 e. The number of hydrogen-bond acceptors (Lipinski definition) is 7. The van der Waals surface area contributed by atoms with Crippen molar-refractivity contribution in [1.29, 1.82) is 0 Å². The molecule has 0 spiro atoms. The van der Waals surface area contributed by atoms with Crippen LogP contribution in [0.15, 0.2) is 134 Å². The summed E-state index contributed by atoms with van der Waals surface area (Å²) in [6.07, 6.45) is 78.0. The number of ether oxygens (including phenoxy) is 2. The molecule has 0 aromatic rings. The van der Waals surface area contributed by atoms with Crippen molar-refractivity contribution in [2.75, 3.05) is 47.5 Å². The first kappa shape index (κ1) is 70.1. The Labute approximate surface area is 453 Å². The highest BCUT2D eigenvalue weighted by molar-refractivity contribution is 7.47. The quantitative estimate of drug-likeness (QED) is 0.0211. The third-order valence-corrected chi connectivity index (χ3v) is 12.6. The third-order valence-electron chi connectivity index (χ3n) is 11.7. The minimum atomic E-state index is -4.41. The summed E-state index contributed by atoms with van der Waals surface area (Å²) >= 11 is 0. The van der Waals surface area contributed by atoms with Crippen LogP contribution in [0, 0.1) is 0 Å². The number of quaternary nitrogens is 1. The molecule has 0 amide bonds. The van der Waals surface area contributed by atoms with E-state index in [1.54, 1.807) is 0 Å². The average Bonchev–Trinajstić information content (AvgIpc) is 3.36. The van der Waals surface area contributed by atoms with Crippen molar-refractivity contribution in [2.24, 2.45) is 0 Å². The van der Waals surface area contributed by atoms with Gasteiger partial charge in [-0.25, -0.2) is 4.57 Å². The molecule has 0 aliphatic heterocycles. The molecule has 0 aromatic heterocycles. The zero-order chi connectivity index (χ0) is 54.2. The Balaban J connectivity index is 4.32. The molecule has 9 nitrogen and oxygen atoms in total. The maximum absolute atomic E-state index is 12.8. The number of nitrogens with zero attached hydrogens (tertiary/aromatic N) is 1. The molecule has 74 heavy (non-hydrogen) atoms. The van der Waals surface area contributed by atoms with Gasteiger partial charge in [-0.1, -0.05) is 212 Å². The molecule has 0 bridgehead atoms. The van der Waals surface area contributed by atoms with Crippen molar-refractivity contribution < 1.29 is 42.1 Å². The lowest BCUT2D eigenvalue weighted by Gasteiger charge is -2.24. The van der Waals surface area contributed by atoms with Crippen LogP contribution >= 0.6 is 7.82 Å². The molecule has 0 fully saturated rings. The monoisotopic (exact) mass is 1050 g/mol. The number of rotatable bonds is 51. The second-order valence-corrected chi connectivity index (χ2v) is 21.4. The van der Waals surface area contributed by atoms with Gasteiger partial charge in [-0.2, -0.15) is 0 Å². The maximum Gasteiger partial charge on any atom is 0.472 e. The lowest BCUT2D eigenvalue weighted by atomic mass is 10.1. The average molecular weight is 1050 g/mol. The summed E-state index contributed by atoms with van der Waals surface area (Å²) in [5.41, 5.74) is 0. The van der Waals surface area contributed by atoms with Gasteiger partial charge in [-0.05, 0) is 116 Å². The van der Waals surface area contributed by atoms with Crippen molar-refractivity contribution in [3.63, 3.8) is 0 Å². The first-order valence-electron chi connectivity index (χ1n) is 28.9. The topological polar surface area (TPSA) is 108 Å². The Morgan fingerprint density at radius 1 is 0.432 bits per heavy atom. The molecule has 2 unspecified atom stereocenters. The van der Waals surface area contributed by atoms with Crippen LogP contribution < -0.4 is 0 Å². The first-order valence-corrected chi connectivity index (χ1v) is 30.4. The van der Waals surface area contributed by atoms with Gasteiger partial charge >= 0.3 is 19.8 Å². The Kier molecular flexibility index (Phi) is 51.2. The first-order chi connectivity index (χ1) is 36.0. The van der Waals surface area contributed by atoms with Gasteiger partial charge in [0.05, 0.1) is 27.7 Å². The van der Waals surface area contributed by atoms with E-state index in [2.05, 4.69) is 148 Å². The van der Waals surface area contributed by atoms with E-state index in [9.17, 15) is 19.0 Å². The molecule has 2 atom stereocenters. The molecule has 1 N–H and O–H groups in total. The van der Waals surface area contributed by atoms with Crippen molar-refractivity contribution in [2.45, 2.75) is 213 Å². The fraction of sp³-hybridized carbons (Fsp3) is 0.625.